The first-order valence-corrected chi connectivity index (χ1v) is 9.49. The molecule has 3 rings (SSSR count). The summed E-state index contributed by atoms with van der Waals surface area (Å²) < 4.78 is 10.7. The van der Waals surface area contributed by atoms with Gasteiger partial charge in [-0.15, -0.1) is 0 Å². The minimum Gasteiger partial charge on any atom is -0.454 e. The Morgan fingerprint density at radius 3 is 2.50 bits per heavy atom. The molecule has 0 aliphatic carbocycles. The molecule has 7 heteroatoms. The summed E-state index contributed by atoms with van der Waals surface area (Å²) in [6.45, 7) is 2.29. The number of nitrogens with one attached hydrogen (secondary N) is 1. The Morgan fingerprint density at radius 1 is 1.11 bits per heavy atom. The van der Waals surface area contributed by atoms with E-state index < -0.39 is 6.04 Å². The lowest BCUT2D eigenvalue weighted by Crippen LogP contribution is -2.46. The van der Waals surface area contributed by atoms with Crippen molar-refractivity contribution < 1.29 is 19.1 Å². The van der Waals surface area contributed by atoms with Crippen molar-refractivity contribution in [1.82, 2.24) is 10.2 Å². The third kappa shape index (κ3) is 4.75. The molecule has 1 aliphatic rings. The molecule has 148 valence electrons. The highest BCUT2D eigenvalue weighted by atomic mass is 35.5. The lowest BCUT2D eigenvalue weighted by Gasteiger charge is -2.28. The summed E-state index contributed by atoms with van der Waals surface area (Å²) in [5.74, 6) is 1.11. The molecule has 1 aliphatic heterocycles. The lowest BCUT2D eigenvalue weighted by molar-refractivity contribution is -0.140. The van der Waals surface area contributed by atoms with Crippen LogP contribution in [0.25, 0.3) is 0 Å². The number of ether oxygens (including phenoxy) is 2. The Balaban J connectivity index is 1.70. The maximum absolute atomic E-state index is 12.9. The number of rotatable bonds is 7. The summed E-state index contributed by atoms with van der Waals surface area (Å²) in [5, 5.41) is 3.24. The van der Waals surface area contributed by atoms with Gasteiger partial charge in [-0.2, -0.15) is 0 Å². The van der Waals surface area contributed by atoms with Crippen LogP contribution >= 0.6 is 11.6 Å². The molecule has 28 heavy (non-hydrogen) atoms. The largest absolute Gasteiger partial charge is 0.454 e. The second kappa shape index (κ2) is 8.97. The number of aryl methyl sites for hydroxylation is 1. The summed E-state index contributed by atoms with van der Waals surface area (Å²) in [6, 6.07) is 12.3. The van der Waals surface area contributed by atoms with Crippen LogP contribution in [0.15, 0.2) is 42.5 Å². The molecular weight excluding hydrogens is 380 g/mol. The molecule has 1 atom stereocenters. The van der Waals surface area contributed by atoms with E-state index in [-0.39, 0.29) is 25.0 Å². The van der Waals surface area contributed by atoms with Crippen molar-refractivity contribution in [2.45, 2.75) is 32.4 Å². The van der Waals surface area contributed by atoms with Crippen LogP contribution in [0.3, 0.4) is 0 Å². The molecule has 0 saturated heterocycles. The first-order valence-electron chi connectivity index (χ1n) is 9.12. The molecule has 1 N–H and O–H groups in total. The molecule has 2 aromatic rings. The average Bonchev–Trinajstić information content (AvgIpc) is 3.18. The third-order valence-electron chi connectivity index (χ3n) is 4.74. The van der Waals surface area contributed by atoms with Crippen molar-refractivity contribution in [1.29, 1.82) is 0 Å². The van der Waals surface area contributed by atoms with E-state index >= 15 is 0 Å². The third-order valence-corrected chi connectivity index (χ3v) is 5.00. The van der Waals surface area contributed by atoms with Crippen LogP contribution in [0.5, 0.6) is 11.5 Å². The van der Waals surface area contributed by atoms with Gasteiger partial charge in [-0.3, -0.25) is 9.59 Å². The highest BCUT2D eigenvalue weighted by Gasteiger charge is 2.25. The molecule has 0 saturated carbocycles. The van der Waals surface area contributed by atoms with Gasteiger partial charge in [-0.05, 0) is 48.7 Å². The lowest BCUT2D eigenvalue weighted by atomic mass is 10.1. The average molecular weight is 403 g/mol. The summed E-state index contributed by atoms with van der Waals surface area (Å²) in [5.41, 5.74) is 1.90. The summed E-state index contributed by atoms with van der Waals surface area (Å²) >= 11 is 5.94. The molecule has 1 heterocycles. The fourth-order valence-electron chi connectivity index (χ4n) is 3.07. The van der Waals surface area contributed by atoms with Crippen LogP contribution in [-0.2, 0) is 22.6 Å². The zero-order chi connectivity index (χ0) is 20.1. The van der Waals surface area contributed by atoms with Crippen molar-refractivity contribution in [3.63, 3.8) is 0 Å². The van der Waals surface area contributed by atoms with E-state index in [0.29, 0.717) is 29.5 Å². The van der Waals surface area contributed by atoms with Crippen LogP contribution in [-0.4, -0.2) is 36.6 Å². The number of carbonyl (C=O) groups is 2. The van der Waals surface area contributed by atoms with Crippen molar-refractivity contribution in [3.8, 4) is 11.5 Å². The van der Waals surface area contributed by atoms with E-state index in [1.54, 1.807) is 31.0 Å². The summed E-state index contributed by atoms with van der Waals surface area (Å²) in [7, 11) is 1.57. The van der Waals surface area contributed by atoms with Gasteiger partial charge in [-0.25, -0.2) is 0 Å². The number of carbonyl (C=O) groups excluding carboxylic acids is 2. The monoisotopic (exact) mass is 402 g/mol. The first kappa shape index (κ1) is 20.0. The minimum atomic E-state index is -0.579. The van der Waals surface area contributed by atoms with Crippen LogP contribution in [0.1, 0.15) is 24.5 Å². The van der Waals surface area contributed by atoms with Crippen molar-refractivity contribution in [2.75, 3.05) is 13.8 Å². The van der Waals surface area contributed by atoms with Gasteiger partial charge in [0, 0.05) is 25.0 Å². The van der Waals surface area contributed by atoms with E-state index in [0.717, 1.165) is 11.1 Å². The maximum atomic E-state index is 12.9. The fraction of sp³-hybridized carbons (Fsp3) is 0.333. The molecule has 0 radical (unpaired) electrons. The van der Waals surface area contributed by atoms with Crippen LogP contribution in [0, 0.1) is 0 Å². The molecule has 2 amide bonds. The molecule has 0 unspecified atom stereocenters. The molecule has 2 aromatic carbocycles. The van der Waals surface area contributed by atoms with Gasteiger partial charge in [0.15, 0.2) is 11.5 Å². The predicted molar refractivity (Wildman–Crippen MR) is 106 cm³/mol. The number of fused-ring (bicyclic) bond motifs is 1. The van der Waals surface area contributed by atoms with Gasteiger partial charge in [0.1, 0.15) is 6.04 Å². The second-order valence-electron chi connectivity index (χ2n) is 6.63. The zero-order valence-electron chi connectivity index (χ0n) is 15.9. The molecule has 0 aromatic heterocycles. The van der Waals surface area contributed by atoms with Crippen LogP contribution in [0.2, 0.25) is 5.02 Å². The predicted octanol–water partition coefficient (Wildman–Crippen LogP) is 3.16. The number of halogens is 1. The van der Waals surface area contributed by atoms with Crippen molar-refractivity contribution in [2.24, 2.45) is 0 Å². The molecule has 6 nitrogen and oxygen atoms in total. The molecular formula is C21H23ClN2O4. The number of hydrogen-bond acceptors (Lipinski definition) is 4. The van der Waals surface area contributed by atoms with Crippen molar-refractivity contribution in [3.05, 3.63) is 58.6 Å². The fourth-order valence-corrected chi connectivity index (χ4v) is 3.20. The van der Waals surface area contributed by atoms with Crippen molar-refractivity contribution >= 4 is 23.4 Å². The number of likely N-dealkylation sites (N-methyl/N-ethyl adjacent to an activating group) is 1. The SMILES string of the molecule is CNC(=O)[C@H](C)N(Cc1ccc(Cl)cc1)C(=O)CCc1ccc2c(c1)OCO2. The van der Waals surface area contributed by atoms with Crippen LogP contribution in [0.4, 0.5) is 0 Å². The maximum Gasteiger partial charge on any atom is 0.242 e. The van der Waals surface area contributed by atoms with Gasteiger partial charge in [0.25, 0.3) is 0 Å². The zero-order valence-corrected chi connectivity index (χ0v) is 16.7. The van der Waals surface area contributed by atoms with E-state index in [1.807, 2.05) is 30.3 Å². The highest BCUT2D eigenvalue weighted by Crippen LogP contribution is 2.32. The van der Waals surface area contributed by atoms with Gasteiger partial charge >= 0.3 is 0 Å². The number of nitrogens with zero attached hydrogens (tertiary/aromatic N) is 1. The van der Waals surface area contributed by atoms with Gasteiger partial charge in [-0.1, -0.05) is 29.8 Å². The second-order valence-corrected chi connectivity index (χ2v) is 7.06. The smallest absolute Gasteiger partial charge is 0.242 e. The molecule has 0 fully saturated rings. The Bertz CT molecular complexity index is 854. The van der Waals surface area contributed by atoms with E-state index in [2.05, 4.69) is 5.32 Å². The number of hydrogen-bond donors (Lipinski definition) is 1. The Labute approximate surface area is 169 Å². The number of amides is 2. The summed E-state index contributed by atoms with van der Waals surface area (Å²) in [4.78, 5) is 26.7. The molecule has 0 spiro atoms. The van der Waals surface area contributed by atoms with E-state index in [4.69, 9.17) is 21.1 Å². The van der Waals surface area contributed by atoms with Gasteiger partial charge in [0.05, 0.1) is 0 Å². The Kier molecular flexibility index (Phi) is 6.41. The highest BCUT2D eigenvalue weighted by molar-refractivity contribution is 6.30. The quantitative estimate of drug-likeness (QED) is 0.772. The van der Waals surface area contributed by atoms with Gasteiger partial charge in [0.2, 0.25) is 18.6 Å². The Hall–Kier alpha value is -2.73. The van der Waals surface area contributed by atoms with Crippen LogP contribution < -0.4 is 14.8 Å². The van der Waals surface area contributed by atoms with E-state index in [1.165, 1.54) is 0 Å². The molecule has 0 bridgehead atoms. The topological polar surface area (TPSA) is 67.9 Å². The Morgan fingerprint density at radius 2 is 1.79 bits per heavy atom. The normalized spacial score (nSPS) is 13.1. The van der Waals surface area contributed by atoms with Gasteiger partial charge < -0.3 is 19.7 Å². The standard InChI is InChI=1S/C21H23ClN2O4/c1-14(21(26)23-2)24(12-16-3-7-17(22)8-4-16)20(25)10-6-15-5-9-18-19(11-15)28-13-27-18/h3-5,7-9,11,14H,6,10,12-13H2,1-2H3,(H,23,26)/t14-/m0/s1. The number of benzene rings is 2. The van der Waals surface area contributed by atoms with E-state index in [9.17, 15) is 9.59 Å². The minimum absolute atomic E-state index is 0.0938. The summed E-state index contributed by atoms with van der Waals surface area (Å²) in [6.07, 6.45) is 0.835. The first-order chi connectivity index (χ1) is 13.5.